The molecule has 1 fully saturated rings. The first-order valence-electron chi connectivity index (χ1n) is 35.5. The van der Waals surface area contributed by atoms with E-state index in [0.717, 1.165) is 134 Å². The number of rotatable bonds is 12. The van der Waals surface area contributed by atoms with E-state index >= 15 is 0 Å². The van der Waals surface area contributed by atoms with Gasteiger partial charge in [0.25, 0.3) is 17.1 Å². The second-order valence-corrected chi connectivity index (χ2v) is 27.8. The Morgan fingerprint density at radius 1 is 0.454 bits per heavy atom. The largest absolute Gasteiger partial charge is 0.399 e. The van der Waals surface area contributed by atoms with Crippen molar-refractivity contribution in [1.29, 1.82) is 0 Å². The highest BCUT2D eigenvalue weighted by atomic mass is 127. The van der Waals surface area contributed by atoms with Crippen molar-refractivity contribution in [1.82, 2.24) is 13.7 Å². The van der Waals surface area contributed by atoms with Crippen LogP contribution in [0.4, 0.5) is 28.4 Å². The summed E-state index contributed by atoms with van der Waals surface area (Å²) in [7, 11) is 0. The molecular weight excluding hydrogens is 1480 g/mol. The van der Waals surface area contributed by atoms with Gasteiger partial charge in [0.15, 0.2) is 17.3 Å². The van der Waals surface area contributed by atoms with E-state index in [4.69, 9.17) is 11.5 Å². The summed E-state index contributed by atoms with van der Waals surface area (Å²) in [6.45, 7) is 11.5. The number of nitro benzene ring substituents is 3. The lowest BCUT2D eigenvalue weighted by Crippen LogP contribution is -2.24. The van der Waals surface area contributed by atoms with Crippen LogP contribution in [0.25, 0.3) is 39.3 Å². The van der Waals surface area contributed by atoms with Crippen LogP contribution in [0.3, 0.4) is 0 Å². The number of Topliss-reactive ketones (excluding diaryl/α,β-unsaturated/α-hetero) is 6. The molecule has 15 rings (SSSR count). The molecule has 8 aromatic carbocycles. The van der Waals surface area contributed by atoms with Crippen molar-refractivity contribution in [2.75, 3.05) is 11.5 Å². The van der Waals surface area contributed by atoms with Gasteiger partial charge in [-0.25, -0.2) is 0 Å². The van der Waals surface area contributed by atoms with Gasteiger partial charge in [0.1, 0.15) is 17.3 Å². The molecule has 3 heterocycles. The van der Waals surface area contributed by atoms with Gasteiger partial charge < -0.3 is 30.0 Å². The van der Waals surface area contributed by atoms with Crippen molar-refractivity contribution in [3.63, 3.8) is 0 Å². The van der Waals surface area contributed by atoms with Gasteiger partial charge in [-0.05, 0) is 209 Å². The lowest BCUT2D eigenvalue weighted by atomic mass is 9.83. The van der Waals surface area contributed by atoms with Gasteiger partial charge in [-0.2, -0.15) is 0 Å². The van der Waals surface area contributed by atoms with Crippen molar-refractivity contribution in [2.24, 2.45) is 11.8 Å². The molecular formula is C87H85IN8O12. The molecule has 0 amide bonds. The fraction of sp³-hybridized carbons (Fsp3) is 0.218. The Morgan fingerprint density at radius 3 is 1.19 bits per heavy atom. The first-order chi connectivity index (χ1) is 51.9. The van der Waals surface area contributed by atoms with Crippen molar-refractivity contribution < 1.29 is 43.5 Å². The van der Waals surface area contributed by atoms with Gasteiger partial charge in [0.2, 0.25) is 0 Å². The third kappa shape index (κ3) is 21.3. The molecule has 0 aliphatic heterocycles. The maximum absolute atomic E-state index is 12.6. The molecule has 4 aliphatic carbocycles. The predicted octanol–water partition coefficient (Wildman–Crippen LogP) is 19.5. The Morgan fingerprint density at radius 2 is 0.815 bits per heavy atom. The fourth-order valence-electron chi connectivity index (χ4n) is 13.6. The molecule has 552 valence electrons. The first-order valence-corrected chi connectivity index (χ1v) is 36.6. The Balaban J connectivity index is 0.000000148. The molecule has 0 radical (unpaired) electrons. The third-order valence-electron chi connectivity index (χ3n) is 18.6. The molecule has 21 heteroatoms. The van der Waals surface area contributed by atoms with E-state index < -0.39 is 14.8 Å². The van der Waals surface area contributed by atoms with Crippen LogP contribution in [0.5, 0.6) is 0 Å². The molecule has 11 aromatic rings. The highest BCUT2D eigenvalue weighted by molar-refractivity contribution is 14.1. The van der Waals surface area contributed by atoms with Crippen molar-refractivity contribution in [3.8, 4) is 39.3 Å². The normalized spacial score (nSPS) is 14.5. The number of allylic oxidation sites excluding steroid dienone is 1. The van der Waals surface area contributed by atoms with E-state index in [1.807, 2.05) is 163 Å². The van der Waals surface area contributed by atoms with E-state index in [2.05, 4.69) is 70.5 Å². The van der Waals surface area contributed by atoms with E-state index in [0.29, 0.717) is 42.6 Å². The zero-order chi connectivity index (χ0) is 77.6. The molecule has 4 aliphatic rings. The zero-order valence-electron chi connectivity index (χ0n) is 60.7. The number of halogens is 1. The average Bonchev–Trinajstić information content (AvgIpc) is 1.63. The van der Waals surface area contributed by atoms with E-state index in [-0.39, 0.29) is 64.2 Å². The second-order valence-electron chi connectivity index (χ2n) is 26.6. The molecule has 0 saturated heterocycles. The van der Waals surface area contributed by atoms with Gasteiger partial charge in [-0.3, -0.25) is 54.3 Å². The number of nitrogens with zero attached hydrogens (tertiary/aromatic N) is 6. The summed E-state index contributed by atoms with van der Waals surface area (Å²) in [4.78, 5) is 99.3. The fourth-order valence-corrected chi connectivity index (χ4v) is 14.2. The van der Waals surface area contributed by atoms with Crippen LogP contribution in [-0.4, -0.2) is 63.2 Å². The highest BCUT2D eigenvalue weighted by Crippen LogP contribution is 2.36. The van der Waals surface area contributed by atoms with Crippen LogP contribution in [0.15, 0.2) is 243 Å². The predicted molar refractivity (Wildman–Crippen MR) is 431 cm³/mol. The lowest BCUT2D eigenvalue weighted by Gasteiger charge is -2.22. The minimum atomic E-state index is -0.499. The topological polar surface area (TPSA) is 299 Å². The van der Waals surface area contributed by atoms with Crippen LogP contribution in [-0.2, 0) is 33.6 Å². The monoisotopic (exact) mass is 1560 g/mol. The van der Waals surface area contributed by atoms with Crippen LogP contribution in [0.2, 0.25) is 0 Å². The van der Waals surface area contributed by atoms with Crippen LogP contribution < -0.4 is 11.5 Å². The van der Waals surface area contributed by atoms with Crippen LogP contribution >= 0.6 is 22.6 Å². The summed E-state index contributed by atoms with van der Waals surface area (Å²) in [6.07, 6.45) is 11.4. The number of aryl methyl sites for hydroxylation is 3. The number of nitrogen functional groups attached to an aromatic ring is 2. The van der Waals surface area contributed by atoms with Crippen molar-refractivity contribution >= 4 is 85.7 Å². The molecule has 20 nitrogen and oxygen atoms in total. The Bertz CT molecular complexity index is 4990. The molecule has 2 atom stereocenters. The lowest BCUT2D eigenvalue weighted by molar-refractivity contribution is -0.385. The number of hydrogen-bond donors (Lipinski definition) is 2. The molecule has 0 bridgehead atoms. The summed E-state index contributed by atoms with van der Waals surface area (Å²) in [5.41, 5.74) is 29.2. The number of non-ortho nitro benzene ring substituents is 3. The summed E-state index contributed by atoms with van der Waals surface area (Å²) in [5.74, 6) is 1.00. The molecule has 1 saturated carbocycles. The van der Waals surface area contributed by atoms with Crippen LogP contribution in [0, 0.1) is 66.5 Å². The number of benzene rings is 8. The number of aromatic nitrogens is 3. The summed E-state index contributed by atoms with van der Waals surface area (Å²) in [5, 5.41) is 31.5. The Labute approximate surface area is 640 Å². The van der Waals surface area contributed by atoms with E-state index in [9.17, 15) is 59.1 Å². The van der Waals surface area contributed by atoms with Gasteiger partial charge in [0, 0.05) is 157 Å². The maximum atomic E-state index is 12.6. The summed E-state index contributed by atoms with van der Waals surface area (Å²) >= 11 is 2.03. The second kappa shape index (κ2) is 38.2. The van der Waals surface area contributed by atoms with Gasteiger partial charge >= 0.3 is 0 Å². The number of fused-ring (bicyclic) bond motifs is 3. The number of hydrogen-bond acceptors (Lipinski definition) is 14. The minimum Gasteiger partial charge on any atom is -0.399 e. The molecule has 0 spiro atoms. The van der Waals surface area contributed by atoms with E-state index in [1.54, 1.807) is 37.3 Å². The minimum absolute atomic E-state index is 0.0426. The van der Waals surface area contributed by atoms with Gasteiger partial charge in [-0.15, -0.1) is 6.58 Å². The molecule has 108 heavy (non-hydrogen) atoms. The quantitative estimate of drug-likeness (QED) is 0.0287. The Kier molecular flexibility index (Phi) is 28.3. The number of para-hydroxylation sites is 3. The Hall–Kier alpha value is -12.1. The summed E-state index contributed by atoms with van der Waals surface area (Å²) in [6, 6.07) is 70.7. The number of nitro groups is 3. The number of anilines is 2. The van der Waals surface area contributed by atoms with Crippen molar-refractivity contribution in [2.45, 2.75) is 111 Å². The maximum Gasteiger partial charge on any atom is 0.270 e. The standard InChI is InChI=1S/C18H19NO2.C18H19NO.C15H15NO.C12H8N2O4.C12H12N2.C6H4INO2.C6H8O2/c1-12-10-16-17(19(12)15-6-4-3-5-7-15)9-8-14(18(16)21)11-13(2)20;1-3-7-14-10-11-17-16(18(14)20)12-13(2)19(17)15-8-5-4-6-9-15;1-11-10-13-14(8-5-9-15(13)17)16(11)12-6-3-2-4-7-12;15-13(16)11-5-1-3-9(7-11)10-4-2-6-12(8-10)14(17)18;13-11-5-1-3-9(7-11)10-4-2-6-12(14)8-10;7-5-2-1-3-6(4-5)8(9)10;7-5-2-1-3-6(8)4-5/h3-7,10,14H,8-9,11H2,1-2H3;3-6,8-9,12,14H,1,7,10-11H2,2H3;2-4,6-7,10H,5,8-9H2,1H3;1-8H;1-8H,13-14H2;1-4H;1-4H2. The van der Waals surface area contributed by atoms with Crippen LogP contribution in [0.1, 0.15) is 136 Å². The number of carbonyl (C=O) groups is 6. The smallest absolute Gasteiger partial charge is 0.270 e. The zero-order valence-corrected chi connectivity index (χ0v) is 62.8. The number of nitrogens with two attached hydrogens (primary N) is 2. The van der Waals surface area contributed by atoms with Gasteiger partial charge in [0.05, 0.1) is 21.2 Å². The first kappa shape index (κ1) is 80.0. The van der Waals surface area contributed by atoms with E-state index in [1.165, 1.54) is 47.8 Å². The molecule has 3 aromatic heterocycles. The van der Waals surface area contributed by atoms with Gasteiger partial charge in [-0.1, -0.05) is 115 Å². The molecule has 4 N–H and O–H groups in total. The summed E-state index contributed by atoms with van der Waals surface area (Å²) < 4.78 is 7.48. The highest BCUT2D eigenvalue weighted by Gasteiger charge is 2.33. The molecule has 2 unspecified atom stereocenters. The third-order valence-corrected chi connectivity index (χ3v) is 19.3. The average molecular weight is 1560 g/mol. The number of carbonyl (C=O) groups excluding carboxylic acids is 6. The van der Waals surface area contributed by atoms with Crippen molar-refractivity contribution in [3.05, 3.63) is 328 Å². The number of ketones is 6. The SMILES string of the molecule is C=CCC1CCc2c(cc(C)n2-c2ccccc2)C1=O.CC(=O)CC1CCc2c(cc(C)n2-c2ccccc2)C1=O.Cc1cc2c(n1-c1ccccc1)CCCC2=O.Nc1cccc(-c2cccc(N)c2)c1.O=C1CCCC(=O)C1.O=[N+]([O-])c1cccc(-c2cccc([N+](=O)[O-])c2)c1.O=[N+]([O-])c1cccc(I)c1.